The molecule has 1 saturated heterocycles. The van der Waals surface area contributed by atoms with Gasteiger partial charge in [0.1, 0.15) is 5.82 Å². The lowest BCUT2D eigenvalue weighted by Crippen LogP contribution is -2.42. The van der Waals surface area contributed by atoms with Crippen molar-refractivity contribution >= 4 is 0 Å². The second-order valence-corrected chi connectivity index (χ2v) is 5.58. The Morgan fingerprint density at radius 1 is 1.00 bits per heavy atom. The van der Waals surface area contributed by atoms with E-state index in [2.05, 4.69) is 50.5 Å². The lowest BCUT2D eigenvalue weighted by molar-refractivity contribution is 0.189. The van der Waals surface area contributed by atoms with E-state index in [9.17, 15) is 0 Å². The number of hydrogen-bond donors (Lipinski definition) is 1. The van der Waals surface area contributed by atoms with Crippen LogP contribution in [-0.2, 0) is 13.1 Å². The molecule has 1 aromatic carbocycles. The number of piperidine rings is 1. The topological polar surface area (TPSA) is 41.0 Å². The van der Waals surface area contributed by atoms with Crippen LogP contribution in [0.4, 0.5) is 0 Å². The Hall–Kier alpha value is -1.78. The van der Waals surface area contributed by atoms with E-state index in [4.69, 9.17) is 0 Å². The van der Waals surface area contributed by atoms with Crippen LogP contribution in [0.25, 0.3) is 0 Å². The predicted molar refractivity (Wildman–Crippen MR) is 83.6 cm³/mol. The molecule has 110 valence electrons. The minimum absolute atomic E-state index is 0.584. The van der Waals surface area contributed by atoms with Gasteiger partial charge in [-0.3, -0.25) is 4.90 Å². The van der Waals surface area contributed by atoms with Crippen LogP contribution in [-0.4, -0.2) is 34.0 Å². The largest absolute Gasteiger partial charge is 0.307 e. The number of hydrogen-bond acceptors (Lipinski definition) is 4. The van der Waals surface area contributed by atoms with Crippen molar-refractivity contribution in [3.8, 4) is 0 Å². The molecule has 4 heteroatoms. The molecule has 2 heterocycles. The molecule has 0 amide bonds. The third-order valence-corrected chi connectivity index (χ3v) is 4.00. The molecular formula is C17H22N4. The van der Waals surface area contributed by atoms with Crippen molar-refractivity contribution in [1.29, 1.82) is 0 Å². The van der Waals surface area contributed by atoms with Gasteiger partial charge in [0.25, 0.3) is 0 Å². The smallest absolute Gasteiger partial charge is 0.141 e. The van der Waals surface area contributed by atoms with E-state index in [-0.39, 0.29) is 0 Å². The number of nitrogens with one attached hydrogen (secondary N) is 1. The summed E-state index contributed by atoms with van der Waals surface area (Å²) in [7, 11) is 0. The molecule has 0 spiro atoms. The molecule has 0 atom stereocenters. The molecule has 21 heavy (non-hydrogen) atoms. The van der Waals surface area contributed by atoms with Gasteiger partial charge in [0.15, 0.2) is 0 Å². The Morgan fingerprint density at radius 3 is 2.43 bits per heavy atom. The summed E-state index contributed by atoms with van der Waals surface area (Å²) < 4.78 is 0. The number of rotatable bonds is 5. The molecule has 4 nitrogen and oxygen atoms in total. The fraction of sp³-hybridized carbons (Fsp3) is 0.412. The molecule has 1 N–H and O–H groups in total. The molecule has 0 saturated carbocycles. The number of likely N-dealkylation sites (tertiary alicyclic amines) is 1. The van der Waals surface area contributed by atoms with E-state index in [1.165, 1.54) is 18.4 Å². The van der Waals surface area contributed by atoms with Crippen LogP contribution in [0.15, 0.2) is 48.8 Å². The van der Waals surface area contributed by atoms with Crippen molar-refractivity contribution < 1.29 is 0 Å². The summed E-state index contributed by atoms with van der Waals surface area (Å²) in [6, 6.07) is 13.2. The van der Waals surface area contributed by atoms with Crippen LogP contribution >= 0.6 is 0 Å². The highest BCUT2D eigenvalue weighted by molar-refractivity contribution is 5.14. The van der Waals surface area contributed by atoms with E-state index in [0.717, 1.165) is 32.0 Å². The van der Waals surface area contributed by atoms with Gasteiger partial charge in [0.05, 0.1) is 6.54 Å². The Kier molecular flexibility index (Phi) is 4.92. The third-order valence-electron chi connectivity index (χ3n) is 4.00. The zero-order valence-corrected chi connectivity index (χ0v) is 12.3. The molecule has 0 bridgehead atoms. The highest BCUT2D eigenvalue weighted by Crippen LogP contribution is 2.14. The standard InChI is InChI=1S/C17H22N4/c1-2-5-15(6-3-1)14-21-11-7-16(8-12-21)20-13-17-18-9-4-10-19-17/h1-6,9-10,16,20H,7-8,11-14H2. The summed E-state index contributed by atoms with van der Waals surface area (Å²) in [5.41, 5.74) is 1.40. The Morgan fingerprint density at radius 2 is 1.71 bits per heavy atom. The molecule has 0 aliphatic carbocycles. The fourth-order valence-corrected chi connectivity index (χ4v) is 2.79. The second kappa shape index (κ2) is 7.29. The molecular weight excluding hydrogens is 260 g/mol. The first-order valence-corrected chi connectivity index (χ1v) is 7.66. The van der Waals surface area contributed by atoms with Crippen LogP contribution in [0.5, 0.6) is 0 Å². The SMILES string of the molecule is c1ccc(CN2CCC(NCc3ncccn3)CC2)cc1. The average Bonchev–Trinajstić information content (AvgIpc) is 2.56. The number of aromatic nitrogens is 2. The van der Waals surface area contributed by atoms with E-state index in [0.29, 0.717) is 6.04 Å². The lowest BCUT2D eigenvalue weighted by Gasteiger charge is -2.32. The van der Waals surface area contributed by atoms with Crippen molar-refractivity contribution in [3.05, 3.63) is 60.2 Å². The van der Waals surface area contributed by atoms with Crippen LogP contribution in [0.1, 0.15) is 24.2 Å². The van der Waals surface area contributed by atoms with Crippen molar-refractivity contribution in [3.63, 3.8) is 0 Å². The van der Waals surface area contributed by atoms with Gasteiger partial charge >= 0.3 is 0 Å². The van der Waals surface area contributed by atoms with Crippen molar-refractivity contribution in [2.24, 2.45) is 0 Å². The molecule has 0 unspecified atom stereocenters. The minimum atomic E-state index is 0.584. The zero-order chi connectivity index (χ0) is 14.3. The predicted octanol–water partition coefficient (Wildman–Crippen LogP) is 2.23. The third kappa shape index (κ3) is 4.34. The molecule has 1 aliphatic heterocycles. The van der Waals surface area contributed by atoms with Crippen molar-refractivity contribution in [1.82, 2.24) is 20.2 Å². The molecule has 2 aromatic rings. The van der Waals surface area contributed by atoms with Gasteiger partial charge in [-0.15, -0.1) is 0 Å². The molecule has 3 rings (SSSR count). The van der Waals surface area contributed by atoms with E-state index in [1.807, 2.05) is 6.07 Å². The molecule has 1 aromatic heterocycles. The summed E-state index contributed by atoms with van der Waals surface area (Å²) in [6.07, 6.45) is 5.98. The van der Waals surface area contributed by atoms with Crippen LogP contribution < -0.4 is 5.32 Å². The quantitative estimate of drug-likeness (QED) is 0.913. The van der Waals surface area contributed by atoms with Crippen LogP contribution in [0.2, 0.25) is 0 Å². The molecule has 1 fully saturated rings. The number of nitrogens with zero attached hydrogens (tertiary/aromatic N) is 3. The maximum absolute atomic E-state index is 4.25. The van der Waals surface area contributed by atoms with Gasteiger partial charge in [0.2, 0.25) is 0 Å². The van der Waals surface area contributed by atoms with Crippen LogP contribution in [0, 0.1) is 0 Å². The maximum Gasteiger partial charge on any atom is 0.141 e. The Bertz CT molecular complexity index is 521. The van der Waals surface area contributed by atoms with Gasteiger partial charge in [0, 0.05) is 25.0 Å². The average molecular weight is 282 g/mol. The lowest BCUT2D eigenvalue weighted by atomic mass is 10.0. The van der Waals surface area contributed by atoms with E-state index in [1.54, 1.807) is 12.4 Å². The van der Waals surface area contributed by atoms with Gasteiger partial charge in [-0.1, -0.05) is 30.3 Å². The normalized spacial score (nSPS) is 17.0. The fourth-order valence-electron chi connectivity index (χ4n) is 2.79. The monoisotopic (exact) mass is 282 g/mol. The first-order valence-electron chi connectivity index (χ1n) is 7.66. The van der Waals surface area contributed by atoms with E-state index >= 15 is 0 Å². The minimum Gasteiger partial charge on any atom is -0.307 e. The molecule has 1 aliphatic rings. The highest BCUT2D eigenvalue weighted by Gasteiger charge is 2.18. The summed E-state index contributed by atoms with van der Waals surface area (Å²) >= 11 is 0. The zero-order valence-electron chi connectivity index (χ0n) is 12.3. The Labute approximate surface area is 126 Å². The highest BCUT2D eigenvalue weighted by atomic mass is 15.1. The van der Waals surface area contributed by atoms with Gasteiger partial charge in [-0.25, -0.2) is 9.97 Å². The Balaban J connectivity index is 1.41. The first-order chi connectivity index (χ1) is 10.4. The van der Waals surface area contributed by atoms with Crippen LogP contribution in [0.3, 0.4) is 0 Å². The summed E-state index contributed by atoms with van der Waals surface area (Å²) in [5.74, 6) is 0.879. The summed E-state index contributed by atoms with van der Waals surface area (Å²) in [5, 5.41) is 3.57. The second-order valence-electron chi connectivity index (χ2n) is 5.58. The van der Waals surface area contributed by atoms with Gasteiger partial charge < -0.3 is 5.32 Å². The van der Waals surface area contributed by atoms with Gasteiger partial charge in [-0.2, -0.15) is 0 Å². The maximum atomic E-state index is 4.25. The van der Waals surface area contributed by atoms with Gasteiger partial charge in [-0.05, 0) is 37.6 Å². The van der Waals surface area contributed by atoms with Crippen molar-refractivity contribution in [2.75, 3.05) is 13.1 Å². The summed E-state index contributed by atoms with van der Waals surface area (Å²) in [6.45, 7) is 4.14. The first kappa shape index (κ1) is 14.2. The summed E-state index contributed by atoms with van der Waals surface area (Å²) in [4.78, 5) is 11.0. The number of benzene rings is 1. The van der Waals surface area contributed by atoms with Crippen molar-refractivity contribution in [2.45, 2.75) is 32.0 Å². The van der Waals surface area contributed by atoms with E-state index < -0.39 is 0 Å². The molecule has 0 radical (unpaired) electrons.